The lowest BCUT2D eigenvalue weighted by Crippen LogP contribution is -2.21. The first-order valence-corrected chi connectivity index (χ1v) is 8.55. The molecule has 0 aromatic carbocycles. The van der Waals surface area contributed by atoms with Crippen LogP contribution in [0, 0.1) is 0 Å². The quantitative estimate of drug-likeness (QED) is 0.424. The maximum absolute atomic E-state index is 12.2. The molecule has 6 nitrogen and oxygen atoms in total. The maximum atomic E-state index is 12.2. The Morgan fingerprint density at radius 3 is 3.09 bits per heavy atom. The van der Waals surface area contributed by atoms with Crippen LogP contribution in [0.1, 0.15) is 0 Å². The van der Waals surface area contributed by atoms with E-state index in [4.69, 9.17) is 0 Å². The topological polar surface area (TPSA) is 65.1 Å². The minimum Gasteiger partial charge on any atom is -0.250 e. The smallest absolute Gasteiger partial charge is 0.250 e. The highest BCUT2D eigenvalue weighted by Gasteiger charge is 2.08. The molecule has 0 aliphatic heterocycles. The number of aryl methyl sites for hydroxylation is 1. The van der Waals surface area contributed by atoms with Gasteiger partial charge in [-0.3, -0.25) is 4.40 Å². The van der Waals surface area contributed by atoms with Crippen molar-refractivity contribution in [1.29, 1.82) is 0 Å². The molecule has 0 saturated carbocycles. The van der Waals surface area contributed by atoms with Crippen LogP contribution < -0.4 is 5.69 Å². The standard InChI is InChI=1S/C14H11N5OS2/c20-14-18-5-2-1-3-11(18)17-19(14)6-8-22-13-12-10(4-7-21-12)15-9-16-13/h1-5,7,9H,6,8H2. The van der Waals surface area contributed by atoms with E-state index in [0.29, 0.717) is 12.2 Å². The molecule has 22 heavy (non-hydrogen) atoms. The third-order valence-corrected chi connectivity index (χ3v) is 5.25. The zero-order chi connectivity index (χ0) is 14.9. The van der Waals surface area contributed by atoms with Gasteiger partial charge in [0.15, 0.2) is 5.65 Å². The van der Waals surface area contributed by atoms with Crippen molar-refractivity contribution in [3.8, 4) is 0 Å². The van der Waals surface area contributed by atoms with Gasteiger partial charge in [-0.2, -0.15) is 0 Å². The second-order valence-corrected chi connectivity index (χ2v) is 6.60. The van der Waals surface area contributed by atoms with Gasteiger partial charge in [0.05, 0.1) is 16.8 Å². The van der Waals surface area contributed by atoms with Crippen LogP contribution in [0.25, 0.3) is 15.9 Å². The molecule has 0 fully saturated rings. The Kier molecular flexibility index (Phi) is 3.39. The molecule has 8 heteroatoms. The largest absolute Gasteiger partial charge is 0.350 e. The minimum atomic E-state index is -0.111. The van der Waals surface area contributed by atoms with Crippen molar-refractivity contribution in [2.45, 2.75) is 11.6 Å². The third kappa shape index (κ3) is 2.30. The first-order valence-electron chi connectivity index (χ1n) is 6.68. The van der Waals surface area contributed by atoms with Crippen molar-refractivity contribution in [3.63, 3.8) is 0 Å². The molecule has 0 atom stereocenters. The Hall–Kier alpha value is -2.19. The van der Waals surface area contributed by atoms with Crippen LogP contribution >= 0.6 is 23.1 Å². The van der Waals surface area contributed by atoms with Gasteiger partial charge in [0.25, 0.3) is 0 Å². The Morgan fingerprint density at radius 1 is 1.23 bits per heavy atom. The number of hydrogen-bond acceptors (Lipinski definition) is 6. The van der Waals surface area contributed by atoms with Gasteiger partial charge < -0.3 is 0 Å². The fourth-order valence-corrected chi connectivity index (χ4v) is 4.08. The van der Waals surface area contributed by atoms with Crippen molar-refractivity contribution in [2.24, 2.45) is 0 Å². The maximum Gasteiger partial charge on any atom is 0.350 e. The molecule has 4 aromatic rings. The number of thiophene rings is 1. The van der Waals surface area contributed by atoms with Gasteiger partial charge in [-0.05, 0) is 23.6 Å². The van der Waals surface area contributed by atoms with E-state index in [9.17, 15) is 4.79 Å². The van der Waals surface area contributed by atoms with Crippen LogP contribution in [0.2, 0.25) is 0 Å². The minimum absolute atomic E-state index is 0.111. The van der Waals surface area contributed by atoms with Gasteiger partial charge in [0.2, 0.25) is 0 Å². The molecule has 4 heterocycles. The number of hydrogen-bond donors (Lipinski definition) is 0. The van der Waals surface area contributed by atoms with E-state index in [1.165, 1.54) is 4.68 Å². The van der Waals surface area contributed by atoms with E-state index in [0.717, 1.165) is 21.0 Å². The molecular weight excluding hydrogens is 318 g/mol. The second kappa shape index (κ2) is 5.54. The molecule has 0 saturated heterocycles. The molecular formula is C14H11N5OS2. The zero-order valence-electron chi connectivity index (χ0n) is 11.4. The molecule has 0 N–H and O–H groups in total. The highest BCUT2D eigenvalue weighted by Crippen LogP contribution is 2.28. The van der Waals surface area contributed by atoms with Gasteiger partial charge in [0.1, 0.15) is 11.4 Å². The highest BCUT2D eigenvalue weighted by molar-refractivity contribution is 7.99. The lowest BCUT2D eigenvalue weighted by molar-refractivity contribution is 0.639. The number of thioether (sulfide) groups is 1. The average Bonchev–Trinajstić information content (AvgIpc) is 3.14. The molecule has 0 bridgehead atoms. The third-order valence-electron chi connectivity index (χ3n) is 3.24. The number of fused-ring (bicyclic) bond motifs is 2. The van der Waals surface area contributed by atoms with Crippen molar-refractivity contribution in [1.82, 2.24) is 24.1 Å². The molecule has 0 aliphatic carbocycles. The molecule has 0 radical (unpaired) electrons. The van der Waals surface area contributed by atoms with E-state index < -0.39 is 0 Å². The molecule has 0 unspecified atom stereocenters. The van der Waals surface area contributed by atoms with E-state index in [-0.39, 0.29) is 5.69 Å². The number of nitrogens with zero attached hydrogens (tertiary/aromatic N) is 5. The number of aromatic nitrogens is 5. The average molecular weight is 329 g/mol. The van der Waals surface area contributed by atoms with Crippen molar-refractivity contribution < 1.29 is 0 Å². The van der Waals surface area contributed by atoms with E-state index in [1.807, 2.05) is 29.6 Å². The van der Waals surface area contributed by atoms with Gasteiger partial charge in [-0.1, -0.05) is 6.07 Å². The van der Waals surface area contributed by atoms with Crippen LogP contribution in [0.4, 0.5) is 0 Å². The molecule has 4 rings (SSSR count). The van der Waals surface area contributed by atoms with Crippen molar-refractivity contribution >= 4 is 39.0 Å². The first-order chi connectivity index (χ1) is 10.8. The molecule has 4 aromatic heterocycles. The summed E-state index contributed by atoms with van der Waals surface area (Å²) in [6.45, 7) is 0.544. The fraction of sp³-hybridized carbons (Fsp3) is 0.143. The summed E-state index contributed by atoms with van der Waals surface area (Å²) < 4.78 is 4.14. The highest BCUT2D eigenvalue weighted by atomic mass is 32.2. The summed E-state index contributed by atoms with van der Waals surface area (Å²) in [7, 11) is 0. The van der Waals surface area contributed by atoms with E-state index in [2.05, 4.69) is 15.1 Å². The summed E-state index contributed by atoms with van der Waals surface area (Å²) in [5, 5.41) is 7.28. The molecule has 0 spiro atoms. The number of rotatable bonds is 4. The first kappa shape index (κ1) is 13.5. The van der Waals surface area contributed by atoms with Crippen LogP contribution in [-0.2, 0) is 6.54 Å². The Morgan fingerprint density at radius 2 is 2.18 bits per heavy atom. The molecule has 110 valence electrons. The lowest BCUT2D eigenvalue weighted by atomic mass is 10.5. The Labute approximate surface area is 133 Å². The second-order valence-electron chi connectivity index (χ2n) is 4.60. The van der Waals surface area contributed by atoms with Crippen molar-refractivity contribution in [3.05, 3.63) is 52.7 Å². The van der Waals surface area contributed by atoms with Crippen LogP contribution in [0.5, 0.6) is 0 Å². The molecule has 0 aliphatic rings. The predicted molar refractivity (Wildman–Crippen MR) is 87.6 cm³/mol. The summed E-state index contributed by atoms with van der Waals surface area (Å²) >= 11 is 3.25. The van der Waals surface area contributed by atoms with Gasteiger partial charge in [-0.15, -0.1) is 28.2 Å². The summed E-state index contributed by atoms with van der Waals surface area (Å²) in [6.07, 6.45) is 3.31. The lowest BCUT2D eigenvalue weighted by Gasteiger charge is -2.01. The zero-order valence-corrected chi connectivity index (χ0v) is 13.0. The number of pyridine rings is 1. The Balaban J connectivity index is 1.54. The summed E-state index contributed by atoms with van der Waals surface area (Å²) in [5.74, 6) is 0.730. The normalized spacial score (nSPS) is 11.5. The predicted octanol–water partition coefficient (Wildman–Crippen LogP) is 2.29. The van der Waals surface area contributed by atoms with Gasteiger partial charge in [0, 0.05) is 11.9 Å². The molecule has 0 amide bonds. The monoisotopic (exact) mass is 329 g/mol. The van der Waals surface area contributed by atoms with E-state index in [1.54, 1.807) is 40.0 Å². The van der Waals surface area contributed by atoms with Crippen molar-refractivity contribution in [2.75, 3.05) is 5.75 Å². The SMILES string of the molecule is O=c1n(CCSc2ncnc3ccsc23)nc2ccccn12. The Bertz CT molecular complexity index is 1000. The van der Waals surface area contributed by atoms with Crippen LogP contribution in [0.3, 0.4) is 0 Å². The van der Waals surface area contributed by atoms with Crippen LogP contribution in [-0.4, -0.2) is 29.9 Å². The summed E-state index contributed by atoms with van der Waals surface area (Å²) in [5.41, 5.74) is 1.52. The summed E-state index contributed by atoms with van der Waals surface area (Å²) in [4.78, 5) is 20.7. The van der Waals surface area contributed by atoms with Crippen LogP contribution in [0.15, 0.2) is 52.0 Å². The van der Waals surface area contributed by atoms with Gasteiger partial charge in [-0.25, -0.2) is 19.4 Å². The summed E-state index contributed by atoms with van der Waals surface area (Å²) in [6, 6.07) is 7.50. The van der Waals surface area contributed by atoms with E-state index >= 15 is 0 Å². The fourth-order valence-electron chi connectivity index (χ4n) is 2.21. The van der Waals surface area contributed by atoms with Gasteiger partial charge >= 0.3 is 5.69 Å².